The minimum absolute atomic E-state index is 0.186. The van der Waals surface area contributed by atoms with E-state index in [-0.39, 0.29) is 17.6 Å². The van der Waals surface area contributed by atoms with Gasteiger partial charge >= 0.3 is 5.82 Å². The third-order valence-corrected chi connectivity index (χ3v) is 5.30. The monoisotopic (exact) mass is 464 g/mol. The average Bonchev–Trinajstić information content (AvgIpc) is 3.09. The largest absolute Gasteiger partial charge is 0.406 e. The van der Waals surface area contributed by atoms with E-state index in [0.29, 0.717) is 37.6 Å². The van der Waals surface area contributed by atoms with Gasteiger partial charge in [-0.3, -0.25) is 14.2 Å². The molecule has 1 atom stereocenters. The van der Waals surface area contributed by atoms with E-state index < -0.39 is 11.0 Å². The molecule has 2 heterocycles. The Bertz CT molecular complexity index is 921. The number of aromatic nitrogens is 2. The number of hydrogen-bond donors (Lipinski definition) is 1. The van der Waals surface area contributed by atoms with E-state index in [2.05, 4.69) is 26.2 Å². The van der Waals surface area contributed by atoms with Crippen LogP contribution >= 0.6 is 15.9 Å². The molecule has 0 saturated carbocycles. The van der Waals surface area contributed by atoms with Crippen molar-refractivity contribution in [2.75, 3.05) is 31.1 Å². The van der Waals surface area contributed by atoms with Gasteiger partial charge in [0.2, 0.25) is 18.1 Å². The highest BCUT2D eigenvalue weighted by Gasteiger charge is 2.31. The molecule has 29 heavy (non-hydrogen) atoms. The number of carbonyl (C=O) groups is 2. The maximum Gasteiger partial charge on any atom is 0.406 e. The van der Waals surface area contributed by atoms with Gasteiger partial charge in [0, 0.05) is 43.3 Å². The summed E-state index contributed by atoms with van der Waals surface area (Å²) in [5, 5.41) is 13.9. The average molecular weight is 465 g/mol. The molecule has 1 N–H and O–H groups in total. The molecule has 1 aliphatic rings. The lowest BCUT2D eigenvalue weighted by molar-refractivity contribution is -0.388. The molecule has 1 aliphatic heterocycles. The number of hydrogen-bond acceptors (Lipinski definition) is 6. The third kappa shape index (κ3) is 4.56. The first kappa shape index (κ1) is 20.8. The molecule has 2 amide bonds. The summed E-state index contributed by atoms with van der Waals surface area (Å²) in [6.07, 6.45) is 1.41. The zero-order valence-electron chi connectivity index (χ0n) is 16.0. The Hall–Kier alpha value is -2.95. The van der Waals surface area contributed by atoms with E-state index in [4.69, 9.17) is 0 Å². The van der Waals surface area contributed by atoms with E-state index in [1.807, 2.05) is 4.90 Å². The van der Waals surface area contributed by atoms with Gasteiger partial charge in [-0.15, -0.1) is 0 Å². The first-order valence-electron chi connectivity index (χ1n) is 9.04. The van der Waals surface area contributed by atoms with Gasteiger partial charge in [0.25, 0.3) is 5.91 Å². The van der Waals surface area contributed by atoms with E-state index in [1.54, 1.807) is 47.7 Å². The van der Waals surface area contributed by atoms with Gasteiger partial charge in [-0.2, -0.15) is 0 Å². The number of nitrogens with zero attached hydrogens (tertiary/aromatic N) is 5. The van der Waals surface area contributed by atoms with Gasteiger partial charge in [-0.1, -0.05) is 15.9 Å². The highest BCUT2D eigenvalue weighted by Crippen LogP contribution is 2.26. The van der Waals surface area contributed by atoms with Crippen molar-refractivity contribution in [2.45, 2.75) is 13.0 Å². The van der Waals surface area contributed by atoms with Crippen LogP contribution in [0.2, 0.25) is 0 Å². The maximum absolute atomic E-state index is 12.7. The summed E-state index contributed by atoms with van der Waals surface area (Å²) in [6, 6.07) is 6.20. The van der Waals surface area contributed by atoms with Gasteiger partial charge in [0.1, 0.15) is 6.04 Å². The number of nitrogens with one attached hydrogen (secondary N) is 1. The van der Waals surface area contributed by atoms with Gasteiger partial charge in [-0.05, 0) is 41.1 Å². The van der Waals surface area contributed by atoms with Crippen molar-refractivity contribution in [3.63, 3.8) is 0 Å². The van der Waals surface area contributed by atoms with Crippen LogP contribution < -0.4 is 10.2 Å². The molecule has 3 rings (SSSR count). The molecule has 0 spiro atoms. The lowest BCUT2D eigenvalue weighted by Gasteiger charge is -2.36. The Balaban J connectivity index is 1.58. The molecular weight excluding hydrogens is 444 g/mol. The maximum atomic E-state index is 12.7. The van der Waals surface area contributed by atoms with E-state index in [1.165, 1.54) is 6.33 Å². The molecule has 1 aromatic carbocycles. The summed E-state index contributed by atoms with van der Waals surface area (Å²) in [5.41, 5.74) is 0.473. The highest BCUT2D eigenvalue weighted by atomic mass is 79.9. The van der Waals surface area contributed by atoms with Crippen LogP contribution in [-0.2, 0) is 11.8 Å². The van der Waals surface area contributed by atoms with Gasteiger partial charge in [-0.25, -0.2) is 0 Å². The number of nitro groups is 1. The minimum Gasteiger partial charge on any atom is -0.358 e. The van der Waals surface area contributed by atoms with Crippen LogP contribution in [0.25, 0.3) is 0 Å². The molecule has 1 saturated heterocycles. The number of amides is 2. The highest BCUT2D eigenvalue weighted by molar-refractivity contribution is 9.10. The predicted molar refractivity (Wildman–Crippen MR) is 110 cm³/mol. The van der Waals surface area contributed by atoms with Crippen molar-refractivity contribution in [1.29, 1.82) is 0 Å². The summed E-state index contributed by atoms with van der Waals surface area (Å²) in [4.78, 5) is 43.0. The Labute approximate surface area is 175 Å². The zero-order valence-corrected chi connectivity index (χ0v) is 17.6. The molecule has 0 aliphatic carbocycles. The molecule has 10 nitrogen and oxygen atoms in total. The number of imidazole rings is 1. The normalized spacial score (nSPS) is 15.1. The summed E-state index contributed by atoms with van der Waals surface area (Å²) < 4.78 is 2.47. The Morgan fingerprint density at radius 1 is 1.21 bits per heavy atom. The third-order valence-electron chi connectivity index (χ3n) is 4.78. The zero-order chi connectivity index (χ0) is 21.1. The Morgan fingerprint density at radius 3 is 2.41 bits per heavy atom. The lowest BCUT2D eigenvalue weighted by Crippen LogP contribution is -2.54. The van der Waals surface area contributed by atoms with Gasteiger partial charge in [0.15, 0.2) is 0 Å². The number of piperazine rings is 1. The number of benzene rings is 1. The fraction of sp³-hybridized carbons (Fsp3) is 0.389. The van der Waals surface area contributed by atoms with Crippen LogP contribution in [0.3, 0.4) is 0 Å². The first-order valence-corrected chi connectivity index (χ1v) is 9.83. The van der Waals surface area contributed by atoms with E-state index in [0.717, 1.165) is 4.47 Å². The summed E-state index contributed by atoms with van der Waals surface area (Å²) in [6.45, 7) is 3.34. The Kier molecular flexibility index (Phi) is 6.16. The summed E-state index contributed by atoms with van der Waals surface area (Å²) >= 11 is 3.32. The summed E-state index contributed by atoms with van der Waals surface area (Å²) in [5.74, 6) is -0.266. The van der Waals surface area contributed by atoms with Gasteiger partial charge in [0.05, 0.1) is 0 Å². The number of anilines is 1. The van der Waals surface area contributed by atoms with Crippen molar-refractivity contribution in [3.05, 3.63) is 50.7 Å². The fourth-order valence-electron chi connectivity index (χ4n) is 3.26. The molecule has 1 unspecified atom stereocenters. The number of rotatable bonds is 5. The molecule has 1 fully saturated rings. The van der Waals surface area contributed by atoms with Gasteiger partial charge < -0.3 is 25.2 Å². The van der Waals surface area contributed by atoms with Crippen molar-refractivity contribution in [1.82, 2.24) is 19.8 Å². The smallest absolute Gasteiger partial charge is 0.358 e. The van der Waals surface area contributed by atoms with Crippen LogP contribution in [-0.4, -0.2) is 63.4 Å². The summed E-state index contributed by atoms with van der Waals surface area (Å²) in [7, 11) is 1.70. The second-order valence-electron chi connectivity index (χ2n) is 6.77. The molecule has 2 aromatic rings. The van der Waals surface area contributed by atoms with Crippen molar-refractivity contribution >= 4 is 39.4 Å². The second kappa shape index (κ2) is 8.60. The molecule has 154 valence electrons. The topological polar surface area (TPSA) is 114 Å². The van der Waals surface area contributed by atoms with Crippen LogP contribution in [0, 0.1) is 10.1 Å². The molecule has 1 aromatic heterocycles. The number of carbonyl (C=O) groups excluding carboxylic acids is 2. The van der Waals surface area contributed by atoms with Crippen LogP contribution in [0.15, 0.2) is 35.1 Å². The first-order chi connectivity index (χ1) is 13.8. The quantitative estimate of drug-likeness (QED) is 0.530. The van der Waals surface area contributed by atoms with E-state index >= 15 is 0 Å². The number of aryl methyl sites for hydroxylation is 1. The molecular formula is C18H21BrN6O4. The fourth-order valence-corrected chi connectivity index (χ4v) is 3.52. The SMILES string of the molecule is CC(NC(=O)c1ccc(Br)cc1)C(=O)N1CCN(c2c([N+](=O)[O-])ncn2C)CC1. The van der Waals surface area contributed by atoms with Crippen molar-refractivity contribution < 1.29 is 14.5 Å². The van der Waals surface area contributed by atoms with Crippen molar-refractivity contribution in [3.8, 4) is 0 Å². The Morgan fingerprint density at radius 2 is 1.83 bits per heavy atom. The second-order valence-corrected chi connectivity index (χ2v) is 7.69. The van der Waals surface area contributed by atoms with Crippen LogP contribution in [0.5, 0.6) is 0 Å². The number of halogens is 1. The standard InChI is InChI=1S/C18H21BrN6O4/c1-12(21-16(26)13-3-5-14(19)6-4-13)18(27)24-9-7-23(8-10-24)17-15(25(28)29)20-11-22(17)2/h3-6,11-12H,7-10H2,1-2H3,(H,21,26). The molecule has 0 radical (unpaired) electrons. The van der Waals surface area contributed by atoms with Crippen LogP contribution in [0.4, 0.5) is 11.6 Å². The van der Waals surface area contributed by atoms with Crippen LogP contribution in [0.1, 0.15) is 17.3 Å². The molecule has 11 heteroatoms. The lowest BCUT2D eigenvalue weighted by atomic mass is 10.2. The van der Waals surface area contributed by atoms with Crippen molar-refractivity contribution in [2.24, 2.45) is 7.05 Å². The molecule has 0 bridgehead atoms. The van der Waals surface area contributed by atoms with E-state index in [9.17, 15) is 19.7 Å². The predicted octanol–water partition coefficient (Wildman–Crippen LogP) is 1.56. The minimum atomic E-state index is -0.677.